The molecule has 13 heteroatoms. The molecule has 11 unspecified atom stereocenters. The van der Waals surface area contributed by atoms with Crippen molar-refractivity contribution in [2.45, 2.75) is 160 Å². The Kier molecular flexibility index (Phi) is 13.6. The van der Waals surface area contributed by atoms with Crippen LogP contribution < -0.4 is 5.32 Å². The van der Waals surface area contributed by atoms with Crippen LogP contribution in [0.3, 0.4) is 0 Å². The molecule has 0 saturated heterocycles. The van der Waals surface area contributed by atoms with Crippen molar-refractivity contribution in [2.75, 3.05) is 0 Å². The van der Waals surface area contributed by atoms with Crippen LogP contribution in [-0.2, 0) is 43.2 Å². The van der Waals surface area contributed by atoms with Crippen LogP contribution in [0.1, 0.15) is 142 Å². The Morgan fingerprint density at radius 3 is 1.37 bits per heavy atom. The van der Waals surface area contributed by atoms with Gasteiger partial charge < -0.3 is 10.3 Å². The number of nitrogens with one attached hydrogen (secondary N) is 1. The monoisotopic (exact) mass is 798 g/mol. The van der Waals surface area contributed by atoms with Gasteiger partial charge in [-0.2, -0.15) is 0 Å². The number of carbonyl (C=O) groups excluding carboxylic acids is 9. The molecule has 3 fully saturated rings. The number of nitrogens with zero attached hydrogens (tertiary/aromatic N) is 1. The molecule has 0 amide bonds. The summed E-state index contributed by atoms with van der Waals surface area (Å²) in [6, 6.07) is -1.56. The van der Waals surface area contributed by atoms with Crippen molar-refractivity contribution in [1.82, 2.24) is 5.32 Å². The van der Waals surface area contributed by atoms with Crippen LogP contribution in [0.4, 0.5) is 0 Å². The molecule has 3 aliphatic carbocycles. The number of carbonyl (C=O) groups is 9. The summed E-state index contributed by atoms with van der Waals surface area (Å²) in [6.07, 6.45) is -1.53. The lowest BCUT2D eigenvalue weighted by atomic mass is 9.50. The lowest BCUT2D eigenvalue weighted by Gasteiger charge is -2.48. The maximum atomic E-state index is 15.0. The summed E-state index contributed by atoms with van der Waals surface area (Å²) in [4.78, 5) is 128. The van der Waals surface area contributed by atoms with Gasteiger partial charge in [-0.3, -0.25) is 48.5 Å². The van der Waals surface area contributed by atoms with Crippen LogP contribution in [0.25, 0.3) is 0 Å². The molecule has 13 nitrogen and oxygen atoms in total. The topological polar surface area (TPSA) is 218 Å². The zero-order valence-corrected chi connectivity index (χ0v) is 36.5. The lowest BCUT2D eigenvalue weighted by Crippen LogP contribution is -2.66. The Bertz CT molecular complexity index is 1780. The lowest BCUT2D eigenvalue weighted by molar-refractivity contribution is -0.169. The molecule has 3 N–H and O–H groups in total. The van der Waals surface area contributed by atoms with E-state index >= 15 is 4.79 Å². The van der Waals surface area contributed by atoms with Gasteiger partial charge in [-0.1, -0.05) is 46.2 Å². The number of rotatable bonds is 15. The van der Waals surface area contributed by atoms with Crippen LogP contribution >= 0.6 is 0 Å². The summed E-state index contributed by atoms with van der Waals surface area (Å²) in [7, 11) is 0. The van der Waals surface area contributed by atoms with Crippen LogP contribution in [0, 0.1) is 56.2 Å². The summed E-state index contributed by atoms with van der Waals surface area (Å²) in [5, 5.41) is 27.9. The third-order valence-electron chi connectivity index (χ3n) is 14.6. The first-order valence-corrected chi connectivity index (χ1v) is 20.6. The summed E-state index contributed by atoms with van der Waals surface area (Å²) >= 11 is 0. The first-order valence-electron chi connectivity index (χ1n) is 20.6. The standard InChI is InChI=1S/C44H66N2O11/c1-15-22(4)27(46-57)25-31(49)42(12,19-18-41(11)33(51)26(29(47)23(5)16-2)30(48)39(7,8)36(41)54)38(56)43(13,32(25)50)20-21-44(14)35(53)28(45-24(6)17-3)34(52)40(9,10)37(44)55/h22-26,28-29,45,47,57H,15-21H2,1-14H3/b46-27+. The zero-order valence-electron chi connectivity index (χ0n) is 36.5. The molecule has 0 radical (unpaired) electrons. The minimum absolute atomic E-state index is 0.169. The molecule has 318 valence electrons. The van der Waals surface area contributed by atoms with E-state index in [0.29, 0.717) is 19.3 Å². The van der Waals surface area contributed by atoms with Gasteiger partial charge in [-0.05, 0) is 113 Å². The van der Waals surface area contributed by atoms with Gasteiger partial charge in [-0.15, -0.1) is 0 Å². The molecule has 0 spiro atoms. The minimum atomic E-state index is -2.06. The maximum Gasteiger partial charge on any atom is 0.170 e. The van der Waals surface area contributed by atoms with Gasteiger partial charge >= 0.3 is 0 Å². The molecule has 11 atom stereocenters. The van der Waals surface area contributed by atoms with Crippen molar-refractivity contribution >= 4 is 57.8 Å². The van der Waals surface area contributed by atoms with Crippen LogP contribution in [0.2, 0.25) is 0 Å². The fourth-order valence-corrected chi connectivity index (χ4v) is 9.36. The third-order valence-corrected chi connectivity index (χ3v) is 14.6. The molecular weight excluding hydrogens is 732 g/mol. The Morgan fingerprint density at radius 2 is 0.982 bits per heavy atom. The number of oxime groups is 1. The van der Waals surface area contributed by atoms with Gasteiger partial charge in [0, 0.05) is 6.04 Å². The van der Waals surface area contributed by atoms with Crippen LogP contribution in [0.15, 0.2) is 5.16 Å². The van der Waals surface area contributed by atoms with E-state index in [4.69, 9.17) is 0 Å². The Morgan fingerprint density at radius 1 is 0.579 bits per heavy atom. The van der Waals surface area contributed by atoms with E-state index in [1.807, 2.05) is 6.92 Å². The predicted octanol–water partition coefficient (Wildman–Crippen LogP) is 5.06. The number of hydrogen-bond donors (Lipinski definition) is 3. The van der Waals surface area contributed by atoms with E-state index < -0.39 is 133 Å². The van der Waals surface area contributed by atoms with Crippen molar-refractivity contribution < 1.29 is 53.5 Å². The number of ketones is 9. The van der Waals surface area contributed by atoms with E-state index in [2.05, 4.69) is 10.5 Å². The highest BCUT2D eigenvalue weighted by atomic mass is 16.4. The summed E-state index contributed by atoms with van der Waals surface area (Å²) < 4.78 is 0. The highest BCUT2D eigenvalue weighted by molar-refractivity contribution is 6.37. The number of aliphatic hydroxyl groups excluding tert-OH is 1. The highest BCUT2D eigenvalue weighted by Gasteiger charge is 2.67. The minimum Gasteiger partial charge on any atom is -0.411 e. The van der Waals surface area contributed by atoms with Crippen molar-refractivity contribution in [1.29, 1.82) is 0 Å². The quantitative estimate of drug-likeness (QED) is 0.0857. The molecule has 0 aliphatic heterocycles. The molecule has 0 aromatic rings. The molecule has 3 rings (SSSR count). The van der Waals surface area contributed by atoms with Gasteiger partial charge in [0.05, 0.1) is 44.3 Å². The predicted molar refractivity (Wildman–Crippen MR) is 211 cm³/mol. The smallest absolute Gasteiger partial charge is 0.170 e. The van der Waals surface area contributed by atoms with Crippen molar-refractivity contribution in [2.24, 2.45) is 61.3 Å². The highest BCUT2D eigenvalue weighted by Crippen LogP contribution is 2.53. The summed E-state index contributed by atoms with van der Waals surface area (Å²) in [5.41, 5.74) is -11.3. The molecule has 0 aromatic carbocycles. The van der Waals surface area contributed by atoms with E-state index in [0.717, 1.165) is 0 Å². The van der Waals surface area contributed by atoms with Crippen molar-refractivity contribution in [3.63, 3.8) is 0 Å². The first kappa shape index (κ1) is 47.8. The summed E-state index contributed by atoms with van der Waals surface area (Å²) in [5.74, 6) is -11.1. The van der Waals surface area contributed by atoms with E-state index in [9.17, 15) is 48.7 Å². The van der Waals surface area contributed by atoms with Gasteiger partial charge in [-0.25, -0.2) is 0 Å². The molecule has 57 heavy (non-hydrogen) atoms. The fraction of sp³-hybridized carbons (Fsp3) is 0.773. The second kappa shape index (κ2) is 16.2. The van der Waals surface area contributed by atoms with Crippen molar-refractivity contribution in [3.05, 3.63) is 0 Å². The average molecular weight is 799 g/mol. The maximum absolute atomic E-state index is 15.0. The molecule has 0 aromatic heterocycles. The Balaban J connectivity index is 2.19. The molecule has 3 saturated carbocycles. The SMILES string of the molecule is CCC(C)NC1C(=O)C(C)(C)C(=O)C(C)(CCC2(C)C(=O)C(/C(=N/O)C(C)CC)C(=O)C(C)(CCC3(C)C(=O)C(C(O)C(C)CC)C(=O)C(C)(C)C3=O)C2=O)C1=O. The van der Waals surface area contributed by atoms with E-state index in [1.165, 1.54) is 55.4 Å². The van der Waals surface area contributed by atoms with Crippen molar-refractivity contribution in [3.8, 4) is 0 Å². The second-order valence-electron chi connectivity index (χ2n) is 19.3. The van der Waals surface area contributed by atoms with Gasteiger partial charge in [0.2, 0.25) is 0 Å². The average Bonchev–Trinajstić information content (AvgIpc) is 3.18. The normalized spacial score (nSPS) is 35.7. The second-order valence-corrected chi connectivity index (χ2v) is 19.3. The Hall–Kier alpha value is -3.58. The van der Waals surface area contributed by atoms with E-state index in [-0.39, 0.29) is 24.6 Å². The summed E-state index contributed by atoms with van der Waals surface area (Å²) in [6.45, 7) is 21.7. The number of aliphatic hydroxyl groups is 1. The fourth-order valence-electron chi connectivity index (χ4n) is 9.36. The van der Waals surface area contributed by atoms with Crippen LogP contribution in [0.5, 0.6) is 0 Å². The largest absolute Gasteiger partial charge is 0.411 e. The Labute approximate surface area is 337 Å². The first-order chi connectivity index (χ1) is 26.0. The molecule has 3 aliphatic rings. The van der Waals surface area contributed by atoms with Gasteiger partial charge in [0.15, 0.2) is 52.0 Å². The van der Waals surface area contributed by atoms with Gasteiger partial charge in [0.1, 0.15) is 17.9 Å². The van der Waals surface area contributed by atoms with E-state index in [1.54, 1.807) is 34.6 Å². The number of Topliss-reactive ketones (excluding diaryl/α,β-unsaturated/α-hetero) is 9. The zero-order chi connectivity index (χ0) is 44.2. The number of hydrogen-bond acceptors (Lipinski definition) is 13. The molecular formula is C44H66N2O11. The third kappa shape index (κ3) is 7.38. The van der Waals surface area contributed by atoms with Crippen LogP contribution in [-0.4, -0.2) is 86.3 Å². The van der Waals surface area contributed by atoms with Gasteiger partial charge in [0.25, 0.3) is 0 Å². The molecule has 0 heterocycles. The molecule has 0 bridgehead atoms.